The van der Waals surface area contributed by atoms with Crippen LogP contribution in [0, 0.1) is 0 Å². The summed E-state index contributed by atoms with van der Waals surface area (Å²) in [4.78, 5) is 26.8. The number of rotatable bonds is 4. The third-order valence-corrected chi connectivity index (χ3v) is 6.04. The van der Waals surface area contributed by atoms with Gasteiger partial charge in [-0.1, -0.05) is 57.2 Å². The molecule has 1 N–H and O–H groups in total. The molecule has 2 aromatic rings. The minimum Gasteiger partial charge on any atom is -0.382 e. The first-order valence-corrected chi connectivity index (χ1v) is 10.6. The first kappa shape index (κ1) is 24.0. The van der Waals surface area contributed by atoms with Gasteiger partial charge in [0, 0.05) is 32.4 Å². The van der Waals surface area contributed by atoms with E-state index in [1.165, 1.54) is 17.0 Å². The van der Waals surface area contributed by atoms with Gasteiger partial charge in [-0.3, -0.25) is 9.59 Å². The molecule has 1 amide bonds. The number of aliphatic hydroxyl groups is 1. The van der Waals surface area contributed by atoms with Crippen molar-refractivity contribution in [1.29, 1.82) is 0 Å². The largest absolute Gasteiger partial charge is 0.417 e. The fraction of sp³-hybridized carbons (Fsp3) is 0.440. The van der Waals surface area contributed by atoms with Crippen molar-refractivity contribution in [2.45, 2.75) is 57.2 Å². The highest BCUT2D eigenvalue weighted by atomic mass is 19.4. The zero-order valence-electron chi connectivity index (χ0n) is 18.5. The van der Waals surface area contributed by atoms with Gasteiger partial charge in [-0.15, -0.1) is 0 Å². The number of ketones is 1. The maximum absolute atomic E-state index is 13.2. The van der Waals surface area contributed by atoms with Crippen molar-refractivity contribution in [2.24, 2.45) is 0 Å². The number of halogens is 3. The molecule has 32 heavy (non-hydrogen) atoms. The third kappa shape index (κ3) is 5.21. The van der Waals surface area contributed by atoms with E-state index in [9.17, 15) is 27.9 Å². The number of amides is 1. The molecule has 0 bridgehead atoms. The van der Waals surface area contributed by atoms with Crippen molar-refractivity contribution in [2.75, 3.05) is 13.1 Å². The van der Waals surface area contributed by atoms with Gasteiger partial charge in [0.25, 0.3) is 5.91 Å². The zero-order valence-corrected chi connectivity index (χ0v) is 18.5. The molecule has 0 atom stereocenters. The predicted molar refractivity (Wildman–Crippen MR) is 115 cm³/mol. The van der Waals surface area contributed by atoms with Crippen LogP contribution in [0.2, 0.25) is 0 Å². The van der Waals surface area contributed by atoms with Crippen LogP contribution in [0.3, 0.4) is 0 Å². The molecule has 1 heterocycles. The lowest BCUT2D eigenvalue weighted by molar-refractivity contribution is -0.141. The SMILES string of the molecule is CC(C)(C)c1ccc(CC(=O)C2(O)CCN(C(=O)c3ccccc3C(F)(F)F)CC2)cc1. The normalized spacial score (nSPS) is 16.7. The number of alkyl halides is 3. The van der Waals surface area contributed by atoms with Gasteiger partial charge >= 0.3 is 6.18 Å². The van der Waals surface area contributed by atoms with E-state index in [0.29, 0.717) is 0 Å². The Bertz CT molecular complexity index is 983. The Morgan fingerprint density at radius 2 is 1.53 bits per heavy atom. The summed E-state index contributed by atoms with van der Waals surface area (Å²) in [5.74, 6) is -1.09. The van der Waals surface area contributed by atoms with Crippen molar-refractivity contribution in [3.05, 3.63) is 70.8 Å². The van der Waals surface area contributed by atoms with Crippen molar-refractivity contribution < 1.29 is 27.9 Å². The summed E-state index contributed by atoms with van der Waals surface area (Å²) in [7, 11) is 0. The summed E-state index contributed by atoms with van der Waals surface area (Å²) in [6, 6.07) is 12.3. The quantitative estimate of drug-likeness (QED) is 0.734. The van der Waals surface area contributed by atoms with Crippen molar-refractivity contribution in [3.8, 4) is 0 Å². The van der Waals surface area contributed by atoms with E-state index in [2.05, 4.69) is 20.8 Å². The number of nitrogens with zero attached hydrogens (tertiary/aromatic N) is 1. The summed E-state index contributed by atoms with van der Waals surface area (Å²) in [6.07, 6.45) is -4.59. The van der Waals surface area contributed by atoms with Gasteiger partial charge in [0.15, 0.2) is 5.78 Å². The van der Waals surface area contributed by atoms with Crippen LogP contribution in [-0.4, -0.2) is 40.4 Å². The van der Waals surface area contributed by atoms with Gasteiger partial charge < -0.3 is 10.0 Å². The zero-order chi connectivity index (χ0) is 23.7. The van der Waals surface area contributed by atoms with E-state index in [4.69, 9.17) is 0 Å². The molecular formula is C25H28F3NO3. The highest BCUT2D eigenvalue weighted by molar-refractivity contribution is 5.96. The molecule has 2 aromatic carbocycles. The van der Waals surface area contributed by atoms with Crippen LogP contribution in [0.1, 0.15) is 60.7 Å². The molecular weight excluding hydrogens is 419 g/mol. The molecule has 0 radical (unpaired) electrons. The Kier molecular flexibility index (Phi) is 6.52. The van der Waals surface area contributed by atoms with Crippen LogP contribution in [-0.2, 0) is 22.8 Å². The number of piperidine rings is 1. The van der Waals surface area contributed by atoms with E-state index in [1.54, 1.807) is 0 Å². The highest BCUT2D eigenvalue weighted by Gasteiger charge is 2.41. The Balaban J connectivity index is 1.65. The van der Waals surface area contributed by atoms with Crippen molar-refractivity contribution >= 4 is 11.7 Å². The minimum atomic E-state index is -4.64. The monoisotopic (exact) mass is 447 g/mol. The first-order chi connectivity index (χ1) is 14.8. The molecule has 0 aromatic heterocycles. The summed E-state index contributed by atoms with van der Waals surface area (Å²) >= 11 is 0. The summed E-state index contributed by atoms with van der Waals surface area (Å²) < 4.78 is 39.7. The Morgan fingerprint density at radius 3 is 2.06 bits per heavy atom. The number of Topliss-reactive ketones (excluding diaryl/α,β-unsaturated/α-hetero) is 1. The number of carbonyl (C=O) groups is 2. The van der Waals surface area contributed by atoms with Crippen molar-refractivity contribution in [3.63, 3.8) is 0 Å². The van der Waals surface area contributed by atoms with E-state index in [-0.39, 0.29) is 43.6 Å². The number of carbonyl (C=O) groups excluding carboxylic acids is 2. The first-order valence-electron chi connectivity index (χ1n) is 10.6. The lowest BCUT2D eigenvalue weighted by atomic mass is 9.83. The molecule has 1 aliphatic heterocycles. The lowest BCUT2D eigenvalue weighted by Gasteiger charge is -2.37. The van der Waals surface area contributed by atoms with E-state index < -0.39 is 28.8 Å². The smallest absolute Gasteiger partial charge is 0.382 e. The summed E-state index contributed by atoms with van der Waals surface area (Å²) in [6.45, 7) is 6.31. The highest BCUT2D eigenvalue weighted by Crippen LogP contribution is 2.33. The molecule has 1 saturated heterocycles. The fourth-order valence-electron chi connectivity index (χ4n) is 3.92. The number of hydrogen-bond donors (Lipinski definition) is 1. The summed E-state index contributed by atoms with van der Waals surface area (Å²) in [5, 5.41) is 10.9. The predicted octanol–water partition coefficient (Wildman–Crippen LogP) is 4.78. The van der Waals surface area contributed by atoms with Gasteiger partial charge in [0.2, 0.25) is 0 Å². The van der Waals surface area contributed by atoms with Crippen LogP contribution in [0.5, 0.6) is 0 Å². The second kappa shape index (κ2) is 8.70. The molecule has 0 spiro atoms. The molecule has 1 aliphatic rings. The lowest BCUT2D eigenvalue weighted by Crippen LogP contribution is -2.51. The van der Waals surface area contributed by atoms with Crippen LogP contribution in [0.4, 0.5) is 13.2 Å². The van der Waals surface area contributed by atoms with Gasteiger partial charge in [0.1, 0.15) is 5.60 Å². The minimum absolute atomic E-state index is 0.00810. The fourth-order valence-corrected chi connectivity index (χ4v) is 3.92. The van der Waals surface area contributed by atoms with E-state index in [0.717, 1.165) is 23.3 Å². The molecule has 3 rings (SSSR count). The number of benzene rings is 2. The second-order valence-corrected chi connectivity index (χ2v) is 9.41. The van der Waals surface area contributed by atoms with Crippen molar-refractivity contribution in [1.82, 2.24) is 4.90 Å². The molecule has 0 aliphatic carbocycles. The summed E-state index contributed by atoms with van der Waals surface area (Å²) in [5.41, 5.74) is -1.09. The van der Waals surface area contributed by atoms with Crippen LogP contribution >= 0.6 is 0 Å². The Labute approximate surface area is 186 Å². The van der Waals surface area contributed by atoms with Gasteiger partial charge in [-0.05, 0) is 28.7 Å². The number of likely N-dealkylation sites (tertiary alicyclic amines) is 1. The third-order valence-electron chi connectivity index (χ3n) is 6.04. The Morgan fingerprint density at radius 1 is 0.969 bits per heavy atom. The van der Waals surface area contributed by atoms with Crippen LogP contribution < -0.4 is 0 Å². The molecule has 7 heteroatoms. The van der Waals surface area contributed by atoms with Gasteiger partial charge in [0.05, 0.1) is 11.1 Å². The van der Waals surface area contributed by atoms with Crippen LogP contribution in [0.25, 0.3) is 0 Å². The second-order valence-electron chi connectivity index (χ2n) is 9.41. The molecule has 0 saturated carbocycles. The topological polar surface area (TPSA) is 57.6 Å². The standard InChI is InChI=1S/C25H28F3NO3/c1-23(2,3)18-10-8-17(9-11-18)16-21(30)24(32)12-14-29(15-13-24)22(31)19-6-4-5-7-20(19)25(26,27)28/h4-11,32H,12-16H2,1-3H3. The van der Waals surface area contributed by atoms with Crippen LogP contribution in [0.15, 0.2) is 48.5 Å². The molecule has 172 valence electrons. The maximum Gasteiger partial charge on any atom is 0.417 e. The molecule has 1 fully saturated rings. The van der Waals surface area contributed by atoms with Gasteiger partial charge in [-0.2, -0.15) is 13.2 Å². The number of hydrogen-bond acceptors (Lipinski definition) is 3. The van der Waals surface area contributed by atoms with Gasteiger partial charge in [-0.25, -0.2) is 0 Å². The molecule has 0 unspecified atom stereocenters. The average molecular weight is 447 g/mol. The Hall–Kier alpha value is -2.67. The molecule has 4 nitrogen and oxygen atoms in total. The maximum atomic E-state index is 13.2. The average Bonchev–Trinajstić information content (AvgIpc) is 2.73. The van der Waals surface area contributed by atoms with E-state index >= 15 is 0 Å². The van der Waals surface area contributed by atoms with E-state index in [1.807, 2.05) is 24.3 Å².